The van der Waals surface area contributed by atoms with Crippen molar-refractivity contribution in [3.05, 3.63) is 63.8 Å². The molecule has 2 aliphatic rings. The molecule has 0 saturated heterocycles. The van der Waals surface area contributed by atoms with E-state index in [0.29, 0.717) is 17.2 Å². The van der Waals surface area contributed by atoms with Crippen molar-refractivity contribution in [2.45, 2.75) is 29.1 Å². The van der Waals surface area contributed by atoms with E-state index in [1.54, 1.807) is 29.6 Å². The molecule has 6 nitrogen and oxygen atoms in total. The molecule has 0 bridgehead atoms. The maximum absolute atomic E-state index is 13.2. The van der Waals surface area contributed by atoms with Gasteiger partial charge in [-0.25, -0.2) is 8.42 Å². The number of rotatable bonds is 3. The summed E-state index contributed by atoms with van der Waals surface area (Å²) in [4.78, 5) is 13.6. The molecule has 29 heavy (non-hydrogen) atoms. The van der Waals surface area contributed by atoms with Gasteiger partial charge >= 0.3 is 0 Å². The lowest BCUT2D eigenvalue weighted by Gasteiger charge is -2.24. The summed E-state index contributed by atoms with van der Waals surface area (Å²) in [5.41, 5.74) is 2.26. The smallest absolute Gasteiger partial charge is 0.231 e. The second kappa shape index (κ2) is 6.60. The molecule has 8 heteroatoms. The van der Waals surface area contributed by atoms with E-state index in [9.17, 15) is 13.2 Å². The van der Waals surface area contributed by atoms with Gasteiger partial charge in [0.05, 0.1) is 10.6 Å². The van der Waals surface area contributed by atoms with Crippen LogP contribution in [0.4, 0.5) is 5.69 Å². The zero-order valence-electron chi connectivity index (χ0n) is 15.5. The van der Waals surface area contributed by atoms with E-state index in [4.69, 9.17) is 9.47 Å². The van der Waals surface area contributed by atoms with Crippen LogP contribution in [0.15, 0.2) is 57.6 Å². The molecule has 0 saturated carbocycles. The molecule has 0 aliphatic carbocycles. The summed E-state index contributed by atoms with van der Waals surface area (Å²) in [6.07, 6.45) is 0.247. The number of hydrogen-bond donors (Lipinski definition) is 1. The van der Waals surface area contributed by atoms with Crippen LogP contribution in [0.3, 0.4) is 0 Å². The lowest BCUT2D eigenvalue weighted by Crippen LogP contribution is -2.23. The fourth-order valence-electron chi connectivity index (χ4n) is 3.65. The molecule has 1 atom stereocenters. The number of fused-ring (bicyclic) bond motifs is 2. The van der Waals surface area contributed by atoms with Gasteiger partial charge in [0, 0.05) is 22.6 Å². The minimum atomic E-state index is -3.74. The predicted octanol–water partition coefficient (Wildman–Crippen LogP) is 4.09. The standard InChI is InChI=1S/C21H17NO5S2/c1-12-2-5-14(6-3-12)29(24,25)18-10-28-21-15(9-19(23)22-20(18)21)13-4-7-16-17(8-13)27-11-26-16/h2-8,10,15H,9,11H2,1H3,(H,22,23). The van der Waals surface area contributed by atoms with E-state index >= 15 is 0 Å². The highest BCUT2D eigenvalue weighted by atomic mass is 32.2. The zero-order chi connectivity index (χ0) is 20.2. The van der Waals surface area contributed by atoms with E-state index in [2.05, 4.69) is 5.32 Å². The second-order valence-electron chi connectivity index (χ2n) is 7.07. The van der Waals surface area contributed by atoms with Gasteiger partial charge in [0.25, 0.3) is 0 Å². The van der Waals surface area contributed by atoms with Crippen LogP contribution < -0.4 is 14.8 Å². The minimum absolute atomic E-state index is 0.139. The Morgan fingerprint density at radius 3 is 2.62 bits per heavy atom. The number of ether oxygens (including phenoxy) is 2. The predicted molar refractivity (Wildman–Crippen MR) is 109 cm³/mol. The van der Waals surface area contributed by atoms with E-state index < -0.39 is 9.84 Å². The van der Waals surface area contributed by atoms with E-state index in [1.165, 1.54) is 11.3 Å². The summed E-state index contributed by atoms with van der Waals surface area (Å²) in [7, 11) is -3.74. The van der Waals surface area contributed by atoms with Crippen LogP contribution >= 0.6 is 11.3 Å². The average Bonchev–Trinajstić information content (AvgIpc) is 3.34. The third-order valence-corrected chi connectivity index (χ3v) is 8.22. The Morgan fingerprint density at radius 1 is 1.07 bits per heavy atom. The number of thiophene rings is 1. The summed E-state index contributed by atoms with van der Waals surface area (Å²) < 4.78 is 37.2. The van der Waals surface area contributed by atoms with Crippen molar-refractivity contribution >= 4 is 32.8 Å². The lowest BCUT2D eigenvalue weighted by molar-refractivity contribution is -0.116. The van der Waals surface area contributed by atoms with Crippen LogP contribution in [0.5, 0.6) is 11.5 Å². The van der Waals surface area contributed by atoms with Crippen molar-refractivity contribution < 1.29 is 22.7 Å². The largest absolute Gasteiger partial charge is 0.454 e. The molecule has 3 aromatic rings. The zero-order valence-corrected chi connectivity index (χ0v) is 17.1. The molecule has 3 heterocycles. The Labute approximate surface area is 172 Å². The van der Waals surface area contributed by atoms with Crippen LogP contribution in [-0.4, -0.2) is 21.1 Å². The van der Waals surface area contributed by atoms with Gasteiger partial charge < -0.3 is 14.8 Å². The first-order valence-corrected chi connectivity index (χ1v) is 11.4. The third-order valence-electron chi connectivity index (χ3n) is 5.18. The van der Waals surface area contributed by atoms with Crippen LogP contribution in [-0.2, 0) is 14.6 Å². The summed E-state index contributed by atoms with van der Waals surface area (Å²) >= 11 is 1.35. The van der Waals surface area contributed by atoms with Crippen LogP contribution in [0.2, 0.25) is 0 Å². The molecule has 1 unspecified atom stereocenters. The number of anilines is 1. The SMILES string of the molecule is Cc1ccc(S(=O)(=O)c2csc3c2NC(=O)CC3c2ccc3c(c2)OCO3)cc1. The van der Waals surface area contributed by atoms with Crippen LogP contribution in [0, 0.1) is 6.92 Å². The van der Waals surface area contributed by atoms with Gasteiger partial charge in [0.1, 0.15) is 4.90 Å². The van der Waals surface area contributed by atoms with Crippen molar-refractivity contribution in [3.63, 3.8) is 0 Å². The number of sulfone groups is 1. The molecular weight excluding hydrogens is 410 g/mol. The maximum atomic E-state index is 13.2. The molecule has 1 N–H and O–H groups in total. The number of benzene rings is 2. The number of amides is 1. The Bertz CT molecular complexity index is 1230. The van der Waals surface area contributed by atoms with Crippen molar-refractivity contribution in [3.8, 4) is 11.5 Å². The van der Waals surface area contributed by atoms with Gasteiger partial charge in [-0.3, -0.25) is 4.79 Å². The fourth-order valence-corrected chi connectivity index (χ4v) is 6.55. The highest BCUT2D eigenvalue weighted by Crippen LogP contribution is 2.47. The van der Waals surface area contributed by atoms with Crippen molar-refractivity contribution in [2.24, 2.45) is 0 Å². The summed E-state index contributed by atoms with van der Waals surface area (Å²) in [5, 5.41) is 4.40. The highest BCUT2D eigenvalue weighted by Gasteiger charge is 2.35. The molecule has 148 valence electrons. The lowest BCUT2D eigenvalue weighted by atomic mass is 9.90. The Kier molecular flexibility index (Phi) is 4.15. The van der Waals surface area contributed by atoms with Crippen LogP contribution in [0.1, 0.15) is 28.3 Å². The number of nitrogens with one attached hydrogen (secondary N) is 1. The quantitative estimate of drug-likeness (QED) is 0.681. The van der Waals surface area contributed by atoms with Crippen molar-refractivity contribution in [2.75, 3.05) is 12.1 Å². The molecule has 0 radical (unpaired) electrons. The fraction of sp³-hybridized carbons (Fsp3) is 0.190. The van der Waals surface area contributed by atoms with Crippen molar-refractivity contribution in [1.82, 2.24) is 0 Å². The second-order valence-corrected chi connectivity index (χ2v) is 9.90. The first-order chi connectivity index (χ1) is 13.9. The molecule has 1 amide bonds. The van der Waals surface area contributed by atoms with Gasteiger partial charge in [-0.05, 0) is 36.8 Å². The van der Waals surface area contributed by atoms with E-state index in [1.807, 2.05) is 25.1 Å². The molecule has 1 aromatic heterocycles. The average molecular weight is 428 g/mol. The van der Waals surface area contributed by atoms with Gasteiger partial charge in [0.2, 0.25) is 22.5 Å². The highest BCUT2D eigenvalue weighted by molar-refractivity contribution is 7.91. The van der Waals surface area contributed by atoms with Crippen molar-refractivity contribution in [1.29, 1.82) is 0 Å². The molecule has 5 rings (SSSR count). The number of hydrogen-bond acceptors (Lipinski definition) is 6. The summed E-state index contributed by atoms with van der Waals surface area (Å²) in [5.74, 6) is 0.862. The Morgan fingerprint density at radius 2 is 1.83 bits per heavy atom. The molecule has 2 aliphatic heterocycles. The van der Waals surface area contributed by atoms with Gasteiger partial charge in [0.15, 0.2) is 11.5 Å². The van der Waals surface area contributed by atoms with E-state index in [-0.39, 0.29) is 34.8 Å². The third kappa shape index (κ3) is 2.99. The minimum Gasteiger partial charge on any atom is -0.454 e. The number of carbonyl (C=O) groups is 1. The van der Waals surface area contributed by atoms with Crippen LogP contribution in [0.25, 0.3) is 0 Å². The monoisotopic (exact) mass is 427 g/mol. The molecular formula is C21H17NO5S2. The topological polar surface area (TPSA) is 81.7 Å². The molecule has 0 spiro atoms. The van der Waals surface area contributed by atoms with E-state index in [0.717, 1.165) is 16.0 Å². The molecule has 0 fully saturated rings. The van der Waals surface area contributed by atoms with Gasteiger partial charge in [-0.2, -0.15) is 0 Å². The Balaban J connectivity index is 1.59. The summed E-state index contributed by atoms with van der Waals surface area (Å²) in [6.45, 7) is 2.08. The maximum Gasteiger partial charge on any atom is 0.231 e. The number of aryl methyl sites for hydroxylation is 1. The summed E-state index contributed by atoms with van der Waals surface area (Å²) in [6, 6.07) is 12.3. The Hall–Kier alpha value is -2.84. The molecule has 2 aromatic carbocycles. The normalized spacial score (nSPS) is 17.7. The van der Waals surface area contributed by atoms with Gasteiger partial charge in [-0.1, -0.05) is 23.8 Å². The van der Waals surface area contributed by atoms with Gasteiger partial charge in [-0.15, -0.1) is 11.3 Å². The first kappa shape index (κ1) is 18.2. The number of carbonyl (C=O) groups excluding carboxylic acids is 1. The first-order valence-electron chi connectivity index (χ1n) is 9.06.